The molecule has 0 atom stereocenters. The number of nitrogens with zero attached hydrogens (tertiary/aromatic N) is 3. The van der Waals surface area contributed by atoms with Gasteiger partial charge < -0.3 is 0 Å². The SMILES string of the molecule is c1ccc(C2c3cccc(n3)C(c3ccccc3)c3cccc(n3)C(c3ccccc3)c3cccc2n3)cc1. The van der Waals surface area contributed by atoms with E-state index in [1.807, 2.05) is 0 Å². The van der Waals surface area contributed by atoms with Crippen molar-refractivity contribution in [2.45, 2.75) is 17.8 Å². The van der Waals surface area contributed by atoms with Crippen LogP contribution >= 0.6 is 0 Å². The van der Waals surface area contributed by atoms with Crippen molar-refractivity contribution in [2.75, 3.05) is 0 Å². The maximum Gasteiger partial charge on any atom is 0.0686 e. The molecule has 0 fully saturated rings. The molecule has 186 valence electrons. The largest absolute Gasteiger partial charge is 0.256 e. The highest BCUT2D eigenvalue weighted by molar-refractivity contribution is 5.45. The first kappa shape index (κ1) is 23.2. The van der Waals surface area contributed by atoms with Gasteiger partial charge in [-0.1, -0.05) is 109 Å². The summed E-state index contributed by atoms with van der Waals surface area (Å²) in [5, 5.41) is 0. The van der Waals surface area contributed by atoms with Gasteiger partial charge in [0.1, 0.15) is 0 Å². The van der Waals surface area contributed by atoms with Crippen molar-refractivity contribution < 1.29 is 0 Å². The van der Waals surface area contributed by atoms with Crippen LogP contribution in [-0.4, -0.2) is 15.0 Å². The van der Waals surface area contributed by atoms with E-state index in [0.29, 0.717) is 0 Å². The molecule has 3 heteroatoms. The minimum Gasteiger partial charge on any atom is -0.256 e. The van der Waals surface area contributed by atoms with Gasteiger partial charge in [0.25, 0.3) is 0 Å². The van der Waals surface area contributed by atoms with Gasteiger partial charge in [-0.25, -0.2) is 0 Å². The van der Waals surface area contributed by atoms with Crippen LogP contribution in [0.3, 0.4) is 0 Å². The molecule has 3 aromatic heterocycles. The highest BCUT2D eigenvalue weighted by Gasteiger charge is 2.28. The van der Waals surface area contributed by atoms with E-state index in [2.05, 4.69) is 146 Å². The lowest BCUT2D eigenvalue weighted by molar-refractivity contribution is 0.772. The fraction of sp³-hybridized carbons (Fsp3) is 0.0833. The number of hydrogen-bond donors (Lipinski definition) is 0. The summed E-state index contributed by atoms with van der Waals surface area (Å²) >= 11 is 0. The molecule has 0 radical (unpaired) electrons. The van der Waals surface area contributed by atoms with Crippen LogP contribution in [0.5, 0.6) is 0 Å². The third kappa shape index (κ3) is 4.42. The molecule has 0 N–H and O–H groups in total. The van der Waals surface area contributed by atoms with Crippen LogP contribution in [0.15, 0.2) is 146 Å². The Kier molecular flexibility index (Phi) is 6.03. The minimum atomic E-state index is -0.0929. The molecule has 0 amide bonds. The monoisotopic (exact) mass is 501 g/mol. The van der Waals surface area contributed by atoms with Gasteiger partial charge in [0.2, 0.25) is 0 Å². The van der Waals surface area contributed by atoms with Crippen LogP contribution in [0.4, 0.5) is 0 Å². The van der Waals surface area contributed by atoms with E-state index in [-0.39, 0.29) is 17.8 Å². The summed E-state index contributed by atoms with van der Waals surface area (Å²) in [5.74, 6) is -0.279. The molecule has 0 spiro atoms. The van der Waals surface area contributed by atoms with E-state index in [1.54, 1.807) is 0 Å². The third-order valence-electron chi connectivity index (χ3n) is 7.55. The van der Waals surface area contributed by atoms with Gasteiger partial charge in [-0.05, 0) is 53.1 Å². The standard InChI is InChI=1S/C36H27N3/c1-4-13-25(14-5-1)34-28-19-10-21-30(37-28)35(26-15-6-2-7-16-26)32-23-12-24-33(39-32)36(27-17-8-3-9-18-27)31-22-11-20-29(34)38-31/h1-24,34-36H. The Balaban J connectivity index is 1.55. The van der Waals surface area contributed by atoms with Crippen molar-refractivity contribution in [3.05, 3.63) is 196 Å². The molecular formula is C36H27N3. The van der Waals surface area contributed by atoms with Crippen molar-refractivity contribution in [2.24, 2.45) is 0 Å². The second-order valence-electron chi connectivity index (χ2n) is 9.99. The number of hydrogen-bond acceptors (Lipinski definition) is 3. The quantitative estimate of drug-likeness (QED) is 0.249. The van der Waals surface area contributed by atoms with E-state index in [0.717, 1.165) is 34.2 Å². The van der Waals surface area contributed by atoms with Crippen LogP contribution in [0.2, 0.25) is 0 Å². The predicted octanol–water partition coefficient (Wildman–Crippen LogP) is 7.73. The summed E-state index contributed by atoms with van der Waals surface area (Å²) in [6, 6.07) is 50.9. The van der Waals surface area contributed by atoms with Crippen molar-refractivity contribution in [3.8, 4) is 0 Å². The zero-order valence-corrected chi connectivity index (χ0v) is 21.4. The number of rotatable bonds is 3. The highest BCUT2D eigenvalue weighted by Crippen LogP contribution is 2.38. The Morgan fingerprint density at radius 2 is 0.487 bits per heavy atom. The zero-order chi connectivity index (χ0) is 26.0. The van der Waals surface area contributed by atoms with Gasteiger partial charge in [-0.15, -0.1) is 0 Å². The van der Waals surface area contributed by atoms with Gasteiger partial charge in [-0.3, -0.25) is 15.0 Å². The Bertz CT molecular complexity index is 1450. The Labute approximate surface area is 228 Å². The van der Waals surface area contributed by atoms with Crippen LogP contribution in [-0.2, 0) is 0 Å². The van der Waals surface area contributed by atoms with Crippen LogP contribution in [0.25, 0.3) is 0 Å². The number of aromatic nitrogens is 3. The Hall–Kier alpha value is -4.89. The molecule has 39 heavy (non-hydrogen) atoms. The first-order chi connectivity index (χ1) is 19.3. The Morgan fingerprint density at radius 3 is 0.718 bits per heavy atom. The molecule has 1 aliphatic heterocycles. The second kappa shape index (κ2) is 10.1. The maximum atomic E-state index is 5.33. The van der Waals surface area contributed by atoms with Crippen molar-refractivity contribution in [3.63, 3.8) is 0 Å². The smallest absolute Gasteiger partial charge is 0.0686 e. The normalized spacial score (nSPS) is 18.0. The van der Waals surface area contributed by atoms with E-state index < -0.39 is 0 Å². The van der Waals surface area contributed by atoms with Crippen LogP contribution < -0.4 is 0 Å². The van der Waals surface area contributed by atoms with E-state index in [4.69, 9.17) is 15.0 Å². The van der Waals surface area contributed by atoms with Crippen LogP contribution in [0, 0.1) is 0 Å². The van der Waals surface area contributed by atoms with Gasteiger partial charge in [0.15, 0.2) is 0 Å². The average Bonchev–Trinajstić information content (AvgIpc) is 3.00. The zero-order valence-electron chi connectivity index (χ0n) is 21.4. The molecule has 6 bridgehead atoms. The van der Waals surface area contributed by atoms with Gasteiger partial charge in [-0.2, -0.15) is 0 Å². The van der Waals surface area contributed by atoms with E-state index in [1.165, 1.54) is 16.7 Å². The number of pyridine rings is 3. The van der Waals surface area contributed by atoms with Gasteiger partial charge >= 0.3 is 0 Å². The van der Waals surface area contributed by atoms with Gasteiger partial charge in [0, 0.05) is 0 Å². The molecule has 3 aromatic carbocycles. The van der Waals surface area contributed by atoms with Gasteiger partial charge in [0.05, 0.1) is 51.9 Å². The highest BCUT2D eigenvalue weighted by atomic mass is 14.8. The molecule has 0 aliphatic carbocycles. The van der Waals surface area contributed by atoms with E-state index in [9.17, 15) is 0 Å². The van der Waals surface area contributed by atoms with Crippen molar-refractivity contribution in [1.29, 1.82) is 0 Å². The predicted molar refractivity (Wildman–Crippen MR) is 155 cm³/mol. The van der Waals surface area contributed by atoms with Crippen molar-refractivity contribution in [1.82, 2.24) is 15.0 Å². The molecule has 0 unspecified atom stereocenters. The Morgan fingerprint density at radius 1 is 0.256 bits per heavy atom. The lowest BCUT2D eigenvalue weighted by Crippen LogP contribution is -2.17. The lowest BCUT2D eigenvalue weighted by atomic mass is 9.86. The average molecular weight is 502 g/mol. The summed E-state index contributed by atoms with van der Waals surface area (Å²) in [4.78, 5) is 16.0. The first-order valence-electron chi connectivity index (χ1n) is 13.4. The molecular weight excluding hydrogens is 474 g/mol. The van der Waals surface area contributed by atoms with Crippen LogP contribution in [0.1, 0.15) is 68.6 Å². The molecule has 0 saturated heterocycles. The topological polar surface area (TPSA) is 38.7 Å². The first-order valence-corrected chi connectivity index (χ1v) is 13.4. The summed E-state index contributed by atoms with van der Waals surface area (Å²) in [6.07, 6.45) is 0. The molecule has 0 saturated carbocycles. The number of fused-ring (bicyclic) bond motifs is 6. The second-order valence-corrected chi connectivity index (χ2v) is 9.99. The summed E-state index contributed by atoms with van der Waals surface area (Å²) in [7, 11) is 0. The fourth-order valence-corrected chi connectivity index (χ4v) is 5.79. The number of benzene rings is 3. The molecule has 7 rings (SSSR count). The molecule has 1 aliphatic rings. The maximum absolute atomic E-state index is 5.33. The minimum absolute atomic E-state index is 0.0929. The van der Waals surface area contributed by atoms with Crippen molar-refractivity contribution >= 4 is 0 Å². The third-order valence-corrected chi connectivity index (χ3v) is 7.55. The summed E-state index contributed by atoms with van der Waals surface area (Å²) in [5.41, 5.74) is 9.42. The van der Waals surface area contributed by atoms with E-state index >= 15 is 0 Å². The summed E-state index contributed by atoms with van der Waals surface area (Å²) in [6.45, 7) is 0. The summed E-state index contributed by atoms with van der Waals surface area (Å²) < 4.78 is 0. The molecule has 3 nitrogen and oxygen atoms in total. The molecule has 4 heterocycles. The lowest BCUT2D eigenvalue weighted by Gasteiger charge is -2.25. The molecule has 6 aromatic rings. The fourth-order valence-electron chi connectivity index (χ4n) is 5.79.